The molecule has 0 heterocycles. The molecule has 4 rings (SSSR count). The predicted octanol–water partition coefficient (Wildman–Crippen LogP) is 7.87. The lowest BCUT2D eigenvalue weighted by atomic mass is 9.65. The lowest BCUT2D eigenvalue weighted by Gasteiger charge is -2.40. The first-order valence-corrected chi connectivity index (χ1v) is 12.4. The standard InChI is InChI=1S/C28H38F2O/c1-3-19-4-6-20(7-5-19)21-8-10-22(11-9-21)23-12-14-24(15-13-23)26-17-16-25(18(2)31)27(29)28(26)30/h3-4,6,16-24,31H,1,5,7-15H2,2H3. The smallest absolute Gasteiger partial charge is 0.164 e. The molecule has 3 atom stereocenters. The third kappa shape index (κ3) is 4.97. The third-order valence-corrected chi connectivity index (χ3v) is 8.63. The van der Waals surface area contributed by atoms with Crippen molar-refractivity contribution < 1.29 is 13.9 Å². The Kier molecular flexibility index (Phi) is 7.31. The monoisotopic (exact) mass is 428 g/mol. The maximum absolute atomic E-state index is 14.6. The Morgan fingerprint density at radius 1 is 0.839 bits per heavy atom. The van der Waals surface area contributed by atoms with Gasteiger partial charge in [-0.15, -0.1) is 6.58 Å². The Morgan fingerprint density at radius 3 is 2.00 bits per heavy atom. The lowest BCUT2D eigenvalue weighted by molar-refractivity contribution is 0.139. The molecule has 0 amide bonds. The number of hydrogen-bond donors (Lipinski definition) is 1. The number of benzene rings is 1. The minimum absolute atomic E-state index is 0.0551. The average molecular weight is 429 g/mol. The van der Waals surface area contributed by atoms with Crippen LogP contribution in [0.4, 0.5) is 8.78 Å². The normalized spacial score (nSPS) is 35.0. The fourth-order valence-electron chi connectivity index (χ4n) is 6.62. The molecule has 0 bridgehead atoms. The average Bonchev–Trinajstić information content (AvgIpc) is 2.81. The summed E-state index contributed by atoms with van der Waals surface area (Å²) in [6.07, 6.45) is 18.0. The van der Waals surface area contributed by atoms with Crippen molar-refractivity contribution in [3.05, 3.63) is 59.7 Å². The van der Waals surface area contributed by atoms with Gasteiger partial charge < -0.3 is 5.11 Å². The fraction of sp³-hybridized carbons (Fsp3) is 0.643. The van der Waals surface area contributed by atoms with Gasteiger partial charge in [0.05, 0.1) is 6.10 Å². The second-order valence-corrected chi connectivity index (χ2v) is 10.4. The molecule has 0 radical (unpaired) electrons. The largest absolute Gasteiger partial charge is 0.389 e. The molecule has 1 aromatic rings. The number of halogens is 2. The van der Waals surface area contributed by atoms with Crippen LogP contribution >= 0.6 is 0 Å². The van der Waals surface area contributed by atoms with E-state index in [0.717, 1.165) is 49.4 Å². The maximum Gasteiger partial charge on any atom is 0.164 e. The Bertz CT molecular complexity index is 782. The molecule has 3 aliphatic rings. The Morgan fingerprint density at radius 2 is 1.45 bits per heavy atom. The van der Waals surface area contributed by atoms with Crippen LogP contribution in [0, 0.1) is 41.2 Å². The van der Waals surface area contributed by atoms with E-state index in [2.05, 4.69) is 24.8 Å². The van der Waals surface area contributed by atoms with Gasteiger partial charge in [-0.3, -0.25) is 0 Å². The lowest BCUT2D eigenvalue weighted by Crippen LogP contribution is -2.28. The van der Waals surface area contributed by atoms with Crippen molar-refractivity contribution in [2.45, 2.75) is 83.2 Å². The quantitative estimate of drug-likeness (QED) is 0.473. The van der Waals surface area contributed by atoms with E-state index in [4.69, 9.17) is 0 Å². The van der Waals surface area contributed by atoms with E-state index in [9.17, 15) is 13.9 Å². The SMILES string of the molecule is C=CC1C=CC(C2CCC(C3CCC(c4ccc(C(C)O)c(F)c4F)CC3)CC2)CC1. The first-order chi connectivity index (χ1) is 15.0. The summed E-state index contributed by atoms with van der Waals surface area (Å²) in [7, 11) is 0. The van der Waals surface area contributed by atoms with Crippen molar-refractivity contribution in [3.63, 3.8) is 0 Å². The number of hydrogen-bond acceptors (Lipinski definition) is 1. The molecule has 0 spiro atoms. The van der Waals surface area contributed by atoms with Gasteiger partial charge in [-0.05, 0) is 112 Å². The molecule has 170 valence electrons. The second kappa shape index (κ2) is 9.98. The van der Waals surface area contributed by atoms with Gasteiger partial charge in [-0.1, -0.05) is 30.4 Å². The zero-order chi connectivity index (χ0) is 22.0. The maximum atomic E-state index is 14.6. The van der Waals surface area contributed by atoms with Crippen LogP contribution in [0.25, 0.3) is 0 Å². The van der Waals surface area contributed by atoms with E-state index in [0.29, 0.717) is 11.5 Å². The van der Waals surface area contributed by atoms with Crippen LogP contribution in [0.3, 0.4) is 0 Å². The minimum atomic E-state index is -0.984. The van der Waals surface area contributed by atoms with Gasteiger partial charge in [0.2, 0.25) is 0 Å². The molecule has 2 saturated carbocycles. The van der Waals surface area contributed by atoms with Gasteiger partial charge in [0.1, 0.15) is 0 Å². The molecule has 0 aromatic heterocycles. The first kappa shape index (κ1) is 22.7. The first-order valence-electron chi connectivity index (χ1n) is 12.4. The molecule has 0 aliphatic heterocycles. The highest BCUT2D eigenvalue weighted by Crippen LogP contribution is 2.46. The van der Waals surface area contributed by atoms with Crippen LogP contribution in [0.15, 0.2) is 36.9 Å². The van der Waals surface area contributed by atoms with Gasteiger partial charge in [0.25, 0.3) is 0 Å². The summed E-state index contributed by atoms with van der Waals surface area (Å²) in [5, 5.41) is 9.62. The number of aliphatic hydroxyl groups excluding tert-OH is 1. The molecule has 1 aromatic carbocycles. The van der Waals surface area contributed by atoms with Crippen molar-refractivity contribution in [2.24, 2.45) is 29.6 Å². The van der Waals surface area contributed by atoms with Crippen LogP contribution in [0.1, 0.15) is 94.3 Å². The molecular weight excluding hydrogens is 390 g/mol. The van der Waals surface area contributed by atoms with Gasteiger partial charge in [-0.25, -0.2) is 8.78 Å². The molecule has 2 fully saturated rings. The Labute approximate surface area is 186 Å². The summed E-state index contributed by atoms with van der Waals surface area (Å²) in [6.45, 7) is 5.40. The predicted molar refractivity (Wildman–Crippen MR) is 123 cm³/mol. The molecule has 1 N–H and O–H groups in total. The highest BCUT2D eigenvalue weighted by Gasteiger charge is 2.34. The molecule has 3 aliphatic carbocycles. The van der Waals surface area contributed by atoms with E-state index >= 15 is 0 Å². The van der Waals surface area contributed by atoms with Gasteiger partial charge in [-0.2, -0.15) is 0 Å². The third-order valence-electron chi connectivity index (χ3n) is 8.63. The molecule has 3 heteroatoms. The minimum Gasteiger partial charge on any atom is -0.389 e. The van der Waals surface area contributed by atoms with Crippen LogP contribution in [-0.2, 0) is 0 Å². The molecule has 1 nitrogen and oxygen atoms in total. The number of allylic oxidation sites excluding steroid dienone is 3. The molecular formula is C28H38F2O. The zero-order valence-corrected chi connectivity index (χ0v) is 18.9. The number of rotatable bonds is 5. The van der Waals surface area contributed by atoms with Gasteiger partial charge >= 0.3 is 0 Å². The van der Waals surface area contributed by atoms with Crippen LogP contribution in [0.2, 0.25) is 0 Å². The summed E-state index contributed by atoms with van der Waals surface area (Å²) < 4.78 is 29.0. The van der Waals surface area contributed by atoms with Crippen LogP contribution in [-0.4, -0.2) is 5.11 Å². The summed E-state index contributed by atoms with van der Waals surface area (Å²) in [6, 6.07) is 3.26. The van der Waals surface area contributed by atoms with Crippen LogP contribution < -0.4 is 0 Å². The number of aliphatic hydroxyl groups is 1. The summed E-state index contributed by atoms with van der Waals surface area (Å²) in [5.41, 5.74) is 0.561. The van der Waals surface area contributed by atoms with Gasteiger partial charge in [0, 0.05) is 5.56 Å². The van der Waals surface area contributed by atoms with Crippen molar-refractivity contribution >= 4 is 0 Å². The summed E-state index contributed by atoms with van der Waals surface area (Å²) >= 11 is 0. The molecule has 3 unspecified atom stereocenters. The second-order valence-electron chi connectivity index (χ2n) is 10.4. The van der Waals surface area contributed by atoms with Crippen LogP contribution in [0.5, 0.6) is 0 Å². The van der Waals surface area contributed by atoms with E-state index < -0.39 is 17.7 Å². The van der Waals surface area contributed by atoms with E-state index in [-0.39, 0.29) is 11.5 Å². The zero-order valence-electron chi connectivity index (χ0n) is 18.9. The van der Waals surface area contributed by atoms with Crippen molar-refractivity contribution in [2.75, 3.05) is 0 Å². The highest BCUT2D eigenvalue weighted by molar-refractivity contribution is 5.30. The van der Waals surface area contributed by atoms with E-state index in [1.165, 1.54) is 45.4 Å². The van der Waals surface area contributed by atoms with Gasteiger partial charge in [0.15, 0.2) is 11.6 Å². The Balaban J connectivity index is 1.28. The summed E-state index contributed by atoms with van der Waals surface area (Å²) in [5.74, 6) is 2.22. The van der Waals surface area contributed by atoms with E-state index in [1.54, 1.807) is 12.1 Å². The highest BCUT2D eigenvalue weighted by atomic mass is 19.2. The fourth-order valence-corrected chi connectivity index (χ4v) is 6.62. The van der Waals surface area contributed by atoms with Crippen molar-refractivity contribution in [3.8, 4) is 0 Å². The molecule has 0 saturated heterocycles. The van der Waals surface area contributed by atoms with Crippen molar-refractivity contribution in [1.82, 2.24) is 0 Å². The topological polar surface area (TPSA) is 20.2 Å². The van der Waals surface area contributed by atoms with Crippen molar-refractivity contribution in [1.29, 1.82) is 0 Å². The van der Waals surface area contributed by atoms with E-state index in [1.807, 2.05) is 0 Å². The Hall–Kier alpha value is -1.48. The summed E-state index contributed by atoms with van der Waals surface area (Å²) in [4.78, 5) is 0. The molecule has 31 heavy (non-hydrogen) atoms.